The third-order valence-electron chi connectivity index (χ3n) is 3.04. The zero-order valence-electron chi connectivity index (χ0n) is 11.4. The van der Waals surface area contributed by atoms with Gasteiger partial charge in [-0.3, -0.25) is 0 Å². The number of rotatable bonds is 3. The molecule has 1 aromatic carbocycles. The Balaban J connectivity index is 1.86. The molecule has 7 nitrogen and oxygen atoms in total. The molecule has 0 bridgehead atoms. The highest BCUT2D eigenvalue weighted by Gasteiger charge is 2.24. The molecule has 1 aliphatic heterocycles. The van der Waals surface area contributed by atoms with Crippen LogP contribution < -0.4 is 20.7 Å². The topological polar surface area (TPSA) is 89.2 Å². The van der Waals surface area contributed by atoms with E-state index in [2.05, 4.69) is 20.3 Å². The zero-order valence-corrected chi connectivity index (χ0v) is 11.4. The second kappa shape index (κ2) is 4.84. The van der Waals surface area contributed by atoms with Gasteiger partial charge in [-0.1, -0.05) is 18.2 Å². The molecule has 0 amide bonds. The normalized spacial score (nSPS) is 16.4. The quantitative estimate of drug-likeness (QED) is 0.863. The molecule has 1 atom stereocenters. The summed E-state index contributed by atoms with van der Waals surface area (Å²) in [6.45, 7) is 0.544. The average Bonchev–Trinajstić information content (AvgIpc) is 2.82. The SMILES string of the molecule is CN(C)c1nc(N)nc(NC2COc3ccccc32)n1. The Kier molecular flexibility index (Phi) is 3.02. The van der Waals surface area contributed by atoms with E-state index in [0.29, 0.717) is 18.5 Å². The Hall–Kier alpha value is -2.57. The lowest BCUT2D eigenvalue weighted by Gasteiger charge is -2.15. The fraction of sp³-hybridized carbons (Fsp3) is 0.308. The average molecular weight is 272 g/mol. The van der Waals surface area contributed by atoms with Gasteiger partial charge in [0.15, 0.2) is 0 Å². The second-order valence-electron chi connectivity index (χ2n) is 4.76. The zero-order chi connectivity index (χ0) is 14.1. The molecule has 1 unspecified atom stereocenters. The molecule has 3 N–H and O–H groups in total. The van der Waals surface area contributed by atoms with Crippen molar-refractivity contribution in [2.45, 2.75) is 6.04 Å². The maximum atomic E-state index is 5.71. The van der Waals surface area contributed by atoms with Gasteiger partial charge < -0.3 is 20.7 Å². The number of aromatic nitrogens is 3. The molecule has 0 aliphatic carbocycles. The molecule has 0 fully saturated rings. The van der Waals surface area contributed by atoms with Gasteiger partial charge in [0.1, 0.15) is 12.4 Å². The van der Waals surface area contributed by atoms with Crippen LogP contribution in [0.25, 0.3) is 0 Å². The van der Waals surface area contributed by atoms with Crippen LogP contribution in [0.15, 0.2) is 24.3 Å². The first-order valence-corrected chi connectivity index (χ1v) is 6.30. The van der Waals surface area contributed by atoms with Gasteiger partial charge in [0, 0.05) is 19.7 Å². The minimum absolute atomic E-state index is 0.0167. The molecule has 0 saturated carbocycles. The minimum atomic E-state index is 0.0167. The molecule has 2 aromatic rings. The van der Waals surface area contributed by atoms with E-state index in [-0.39, 0.29) is 12.0 Å². The molecule has 1 aromatic heterocycles. The number of hydrogen-bond acceptors (Lipinski definition) is 7. The fourth-order valence-electron chi connectivity index (χ4n) is 2.08. The van der Waals surface area contributed by atoms with Crippen molar-refractivity contribution in [2.75, 3.05) is 36.7 Å². The molecule has 20 heavy (non-hydrogen) atoms. The number of benzene rings is 1. The lowest BCUT2D eigenvalue weighted by Crippen LogP contribution is -2.19. The number of nitrogens with one attached hydrogen (secondary N) is 1. The van der Waals surface area contributed by atoms with Gasteiger partial charge in [0.2, 0.25) is 17.8 Å². The van der Waals surface area contributed by atoms with E-state index >= 15 is 0 Å². The third kappa shape index (κ3) is 2.29. The highest BCUT2D eigenvalue weighted by molar-refractivity contribution is 5.46. The Labute approximate surface area is 116 Å². The standard InChI is InChI=1S/C13H16N6O/c1-19(2)13-17-11(14)16-12(18-13)15-9-7-20-10-6-4-3-5-8(9)10/h3-6,9H,7H2,1-2H3,(H3,14,15,16,17,18). The van der Waals surface area contributed by atoms with Gasteiger partial charge in [-0.25, -0.2) is 0 Å². The Morgan fingerprint density at radius 2 is 2.05 bits per heavy atom. The predicted molar refractivity (Wildman–Crippen MR) is 76.9 cm³/mol. The van der Waals surface area contributed by atoms with Crippen molar-refractivity contribution in [3.05, 3.63) is 29.8 Å². The van der Waals surface area contributed by atoms with Gasteiger partial charge in [0.05, 0.1) is 6.04 Å². The number of nitrogen functional groups attached to an aromatic ring is 1. The van der Waals surface area contributed by atoms with Crippen LogP contribution in [-0.4, -0.2) is 35.7 Å². The molecule has 7 heteroatoms. The first kappa shape index (κ1) is 12.5. The summed E-state index contributed by atoms with van der Waals surface area (Å²) in [6.07, 6.45) is 0. The van der Waals surface area contributed by atoms with E-state index in [9.17, 15) is 0 Å². The number of anilines is 3. The predicted octanol–water partition coefficient (Wildman–Crippen LogP) is 1.07. The van der Waals surface area contributed by atoms with Crippen LogP contribution in [0, 0.1) is 0 Å². The summed E-state index contributed by atoms with van der Waals surface area (Å²) in [7, 11) is 3.71. The molecule has 0 spiro atoms. The van der Waals surface area contributed by atoms with Crippen molar-refractivity contribution in [1.82, 2.24) is 15.0 Å². The van der Waals surface area contributed by atoms with Crippen molar-refractivity contribution >= 4 is 17.8 Å². The highest BCUT2D eigenvalue weighted by Crippen LogP contribution is 2.33. The van der Waals surface area contributed by atoms with Crippen molar-refractivity contribution in [1.29, 1.82) is 0 Å². The maximum absolute atomic E-state index is 5.71. The van der Waals surface area contributed by atoms with Gasteiger partial charge in [-0.05, 0) is 6.07 Å². The third-order valence-corrected chi connectivity index (χ3v) is 3.04. The van der Waals surface area contributed by atoms with Gasteiger partial charge in [0.25, 0.3) is 0 Å². The number of nitrogens with zero attached hydrogens (tertiary/aromatic N) is 4. The van der Waals surface area contributed by atoms with Crippen LogP contribution in [0.4, 0.5) is 17.8 Å². The van der Waals surface area contributed by atoms with E-state index in [1.54, 1.807) is 4.90 Å². The van der Waals surface area contributed by atoms with Gasteiger partial charge >= 0.3 is 0 Å². The molecule has 104 valence electrons. The summed E-state index contributed by atoms with van der Waals surface area (Å²) in [6, 6.07) is 7.92. The van der Waals surface area contributed by atoms with Crippen LogP contribution in [0.3, 0.4) is 0 Å². The van der Waals surface area contributed by atoms with Crippen LogP contribution in [0.2, 0.25) is 0 Å². The monoisotopic (exact) mass is 272 g/mol. The Morgan fingerprint density at radius 1 is 1.25 bits per heavy atom. The number of hydrogen-bond donors (Lipinski definition) is 2. The number of ether oxygens (including phenoxy) is 1. The van der Waals surface area contributed by atoms with Crippen LogP contribution in [-0.2, 0) is 0 Å². The molecule has 2 heterocycles. The summed E-state index contributed by atoms with van der Waals surface area (Å²) in [5.74, 6) is 2.05. The van der Waals surface area contributed by atoms with E-state index in [1.165, 1.54) is 0 Å². The summed E-state index contributed by atoms with van der Waals surface area (Å²) in [5.41, 5.74) is 6.80. The first-order valence-electron chi connectivity index (χ1n) is 6.30. The number of fused-ring (bicyclic) bond motifs is 1. The molecule has 3 rings (SSSR count). The van der Waals surface area contributed by atoms with Gasteiger partial charge in [-0.15, -0.1) is 0 Å². The van der Waals surface area contributed by atoms with E-state index in [4.69, 9.17) is 10.5 Å². The van der Waals surface area contributed by atoms with Crippen molar-refractivity contribution in [3.8, 4) is 5.75 Å². The smallest absolute Gasteiger partial charge is 0.231 e. The van der Waals surface area contributed by atoms with Gasteiger partial charge in [-0.2, -0.15) is 15.0 Å². The van der Waals surface area contributed by atoms with E-state index < -0.39 is 0 Å². The lowest BCUT2D eigenvalue weighted by atomic mass is 10.1. The van der Waals surface area contributed by atoms with Crippen LogP contribution in [0.5, 0.6) is 5.75 Å². The Bertz CT molecular complexity index is 630. The fourth-order valence-corrected chi connectivity index (χ4v) is 2.08. The number of para-hydroxylation sites is 1. The van der Waals surface area contributed by atoms with Crippen LogP contribution >= 0.6 is 0 Å². The molecular weight excluding hydrogens is 256 g/mol. The molecule has 1 aliphatic rings. The Morgan fingerprint density at radius 3 is 2.85 bits per heavy atom. The lowest BCUT2D eigenvalue weighted by molar-refractivity contribution is 0.339. The molecule has 0 radical (unpaired) electrons. The van der Waals surface area contributed by atoms with Crippen molar-refractivity contribution in [2.24, 2.45) is 0 Å². The minimum Gasteiger partial charge on any atom is -0.491 e. The van der Waals surface area contributed by atoms with Crippen molar-refractivity contribution in [3.63, 3.8) is 0 Å². The molecular formula is C13H16N6O. The van der Waals surface area contributed by atoms with E-state index in [1.807, 2.05) is 38.4 Å². The second-order valence-corrected chi connectivity index (χ2v) is 4.76. The van der Waals surface area contributed by atoms with E-state index in [0.717, 1.165) is 11.3 Å². The highest BCUT2D eigenvalue weighted by atomic mass is 16.5. The summed E-state index contributed by atoms with van der Waals surface area (Å²) in [4.78, 5) is 14.3. The first-order chi connectivity index (χ1) is 9.63. The summed E-state index contributed by atoms with van der Waals surface area (Å²) in [5, 5.41) is 3.24. The largest absolute Gasteiger partial charge is 0.491 e. The summed E-state index contributed by atoms with van der Waals surface area (Å²) >= 11 is 0. The maximum Gasteiger partial charge on any atom is 0.231 e. The number of nitrogens with two attached hydrogens (primary N) is 1. The van der Waals surface area contributed by atoms with Crippen molar-refractivity contribution < 1.29 is 4.74 Å². The molecule has 0 saturated heterocycles. The summed E-state index contributed by atoms with van der Waals surface area (Å²) < 4.78 is 5.62. The van der Waals surface area contributed by atoms with Crippen LogP contribution in [0.1, 0.15) is 11.6 Å².